The lowest BCUT2D eigenvalue weighted by molar-refractivity contribution is -0.150. The number of nitrogens with one attached hydrogen (secondary N) is 1. The fourth-order valence-electron chi connectivity index (χ4n) is 2.93. The molecule has 1 aromatic rings. The number of amides is 2. The zero-order valence-electron chi connectivity index (χ0n) is 14.3. The third kappa shape index (κ3) is 3.76. The summed E-state index contributed by atoms with van der Waals surface area (Å²) in [5.74, 6) is -0.309. The summed E-state index contributed by atoms with van der Waals surface area (Å²) < 4.78 is 0. The van der Waals surface area contributed by atoms with E-state index in [1.165, 1.54) is 28.4 Å². The van der Waals surface area contributed by atoms with E-state index in [1.807, 2.05) is 37.3 Å². The van der Waals surface area contributed by atoms with Gasteiger partial charge in [-0.3, -0.25) is 14.5 Å². The number of rotatable bonds is 7. The van der Waals surface area contributed by atoms with E-state index in [2.05, 4.69) is 5.32 Å². The molecule has 2 atom stereocenters. The Kier molecular flexibility index (Phi) is 5.93. The van der Waals surface area contributed by atoms with Crippen molar-refractivity contribution in [1.82, 2.24) is 10.2 Å². The van der Waals surface area contributed by atoms with Gasteiger partial charge in [-0.15, -0.1) is 23.5 Å². The van der Waals surface area contributed by atoms with Gasteiger partial charge < -0.3 is 10.4 Å². The molecule has 0 bridgehead atoms. The number of aliphatic carboxylic acids is 1. The molecule has 2 N–H and O–H groups in total. The Labute approximate surface area is 160 Å². The lowest BCUT2D eigenvalue weighted by Crippen LogP contribution is -2.70. The topological polar surface area (TPSA) is 86.7 Å². The van der Waals surface area contributed by atoms with Crippen LogP contribution in [-0.2, 0) is 20.8 Å². The van der Waals surface area contributed by atoms with E-state index >= 15 is 0 Å². The molecule has 0 aromatic heterocycles. The van der Waals surface area contributed by atoms with Gasteiger partial charge in [0.05, 0.1) is 6.42 Å². The van der Waals surface area contributed by atoms with Gasteiger partial charge in [0.15, 0.2) is 0 Å². The molecule has 1 fully saturated rings. The van der Waals surface area contributed by atoms with Crippen molar-refractivity contribution in [2.75, 3.05) is 11.5 Å². The molecule has 0 saturated carbocycles. The SMILES string of the molecule is CCCSC1=C(C(=O)O)N2C(=O)C(NC(=O)Cc3ccccc3)[C@H]2SC1. The van der Waals surface area contributed by atoms with Crippen LogP contribution in [0.2, 0.25) is 0 Å². The highest BCUT2D eigenvalue weighted by Gasteiger charge is 2.54. The van der Waals surface area contributed by atoms with Crippen LogP contribution >= 0.6 is 23.5 Å². The Morgan fingerprint density at radius 1 is 1.35 bits per heavy atom. The van der Waals surface area contributed by atoms with Gasteiger partial charge in [-0.2, -0.15) is 0 Å². The highest BCUT2D eigenvalue weighted by Crippen LogP contribution is 2.43. The summed E-state index contributed by atoms with van der Waals surface area (Å²) in [7, 11) is 0. The second kappa shape index (κ2) is 8.18. The molecule has 0 spiro atoms. The van der Waals surface area contributed by atoms with Gasteiger partial charge in [-0.25, -0.2) is 4.79 Å². The average molecular weight is 393 g/mol. The van der Waals surface area contributed by atoms with Gasteiger partial charge in [0, 0.05) is 10.7 Å². The molecule has 0 radical (unpaired) electrons. The van der Waals surface area contributed by atoms with Crippen molar-refractivity contribution in [2.24, 2.45) is 0 Å². The minimum Gasteiger partial charge on any atom is -0.477 e. The minimum atomic E-state index is -1.09. The van der Waals surface area contributed by atoms with Crippen molar-refractivity contribution in [3.63, 3.8) is 0 Å². The Morgan fingerprint density at radius 2 is 2.08 bits per heavy atom. The minimum absolute atomic E-state index is 0.0748. The van der Waals surface area contributed by atoms with Crippen LogP contribution in [0, 0.1) is 0 Å². The van der Waals surface area contributed by atoms with Crippen molar-refractivity contribution in [3.05, 3.63) is 46.5 Å². The fourth-order valence-corrected chi connectivity index (χ4v) is 5.44. The van der Waals surface area contributed by atoms with E-state index in [0.717, 1.165) is 22.6 Å². The number of carboxylic acid groups (broad SMARTS) is 1. The maximum atomic E-state index is 12.5. The fraction of sp³-hybridized carbons (Fsp3) is 0.389. The van der Waals surface area contributed by atoms with Crippen LogP contribution in [0.1, 0.15) is 18.9 Å². The first-order chi connectivity index (χ1) is 12.5. The number of thioether (sulfide) groups is 2. The molecule has 138 valence electrons. The molecule has 1 saturated heterocycles. The van der Waals surface area contributed by atoms with Crippen molar-refractivity contribution < 1.29 is 19.5 Å². The third-order valence-corrected chi connectivity index (χ3v) is 6.90. The van der Waals surface area contributed by atoms with Crippen LogP contribution in [-0.4, -0.2) is 50.7 Å². The third-order valence-electron chi connectivity index (χ3n) is 4.14. The first-order valence-corrected chi connectivity index (χ1v) is 10.4. The highest BCUT2D eigenvalue weighted by molar-refractivity contribution is 8.06. The first kappa shape index (κ1) is 18.8. The summed E-state index contributed by atoms with van der Waals surface area (Å²) in [6.07, 6.45) is 1.13. The molecule has 0 aliphatic carbocycles. The largest absolute Gasteiger partial charge is 0.477 e. The molecular weight excluding hydrogens is 372 g/mol. The van der Waals surface area contributed by atoms with Crippen LogP contribution in [0.5, 0.6) is 0 Å². The molecule has 1 unspecified atom stereocenters. The summed E-state index contributed by atoms with van der Waals surface area (Å²) in [4.78, 5) is 38.5. The standard InChI is InChI=1S/C18H20N2O4S2/c1-2-8-25-12-10-26-17-14(16(22)20(17)15(12)18(23)24)19-13(21)9-11-6-4-3-5-7-11/h3-7,14,17H,2,8-10H2,1H3,(H,19,21)(H,23,24)/t14?,17-/m1/s1. The molecule has 8 heteroatoms. The molecular formula is C18H20N2O4S2. The second-order valence-corrected chi connectivity index (χ2v) is 8.34. The molecule has 6 nitrogen and oxygen atoms in total. The van der Waals surface area contributed by atoms with Gasteiger partial charge in [0.1, 0.15) is 17.1 Å². The Hall–Kier alpha value is -1.93. The van der Waals surface area contributed by atoms with Crippen molar-refractivity contribution in [2.45, 2.75) is 31.2 Å². The molecule has 26 heavy (non-hydrogen) atoms. The van der Waals surface area contributed by atoms with E-state index in [-0.39, 0.29) is 29.3 Å². The number of nitrogens with zero attached hydrogens (tertiary/aromatic N) is 1. The number of β-lactam (4-membered cyclic amide) rings is 1. The zero-order valence-corrected chi connectivity index (χ0v) is 15.9. The average Bonchev–Trinajstić information content (AvgIpc) is 2.64. The normalized spacial score (nSPS) is 21.9. The number of carbonyl (C=O) groups excluding carboxylic acids is 2. The number of carbonyl (C=O) groups is 3. The first-order valence-electron chi connectivity index (χ1n) is 8.40. The second-order valence-electron chi connectivity index (χ2n) is 6.04. The lowest BCUT2D eigenvalue weighted by atomic mass is 10.0. The maximum Gasteiger partial charge on any atom is 0.353 e. The maximum absolute atomic E-state index is 12.5. The quantitative estimate of drug-likeness (QED) is 0.691. The number of benzene rings is 1. The number of fused-ring (bicyclic) bond motifs is 1. The van der Waals surface area contributed by atoms with E-state index in [1.54, 1.807) is 0 Å². The predicted molar refractivity (Wildman–Crippen MR) is 103 cm³/mol. The van der Waals surface area contributed by atoms with Gasteiger partial charge in [-0.1, -0.05) is 37.3 Å². The van der Waals surface area contributed by atoms with Gasteiger partial charge >= 0.3 is 5.97 Å². The summed E-state index contributed by atoms with van der Waals surface area (Å²) in [6.45, 7) is 2.03. The van der Waals surface area contributed by atoms with Crippen molar-refractivity contribution >= 4 is 41.3 Å². The zero-order chi connectivity index (χ0) is 18.7. The summed E-state index contributed by atoms with van der Waals surface area (Å²) >= 11 is 2.99. The van der Waals surface area contributed by atoms with E-state index in [0.29, 0.717) is 5.75 Å². The summed E-state index contributed by atoms with van der Waals surface area (Å²) in [6, 6.07) is 8.63. The monoisotopic (exact) mass is 392 g/mol. The van der Waals surface area contributed by atoms with E-state index in [9.17, 15) is 19.5 Å². The molecule has 2 amide bonds. The number of hydrogen-bond acceptors (Lipinski definition) is 5. The van der Waals surface area contributed by atoms with Crippen LogP contribution in [0.3, 0.4) is 0 Å². The Balaban J connectivity index is 1.68. The number of carboxylic acids is 1. The Morgan fingerprint density at radius 3 is 2.73 bits per heavy atom. The molecule has 2 aliphatic rings. The van der Waals surface area contributed by atoms with Crippen LogP contribution in [0.4, 0.5) is 0 Å². The lowest BCUT2D eigenvalue weighted by Gasteiger charge is -2.49. The van der Waals surface area contributed by atoms with Gasteiger partial charge in [0.25, 0.3) is 5.91 Å². The molecule has 1 aromatic carbocycles. The van der Waals surface area contributed by atoms with Crippen molar-refractivity contribution in [3.8, 4) is 0 Å². The van der Waals surface area contributed by atoms with Crippen molar-refractivity contribution in [1.29, 1.82) is 0 Å². The van der Waals surface area contributed by atoms with Crippen LogP contribution in [0.15, 0.2) is 40.9 Å². The Bertz CT molecular complexity index is 751. The van der Waals surface area contributed by atoms with Crippen LogP contribution in [0.25, 0.3) is 0 Å². The summed E-state index contributed by atoms with van der Waals surface area (Å²) in [5.41, 5.74) is 0.944. The molecule has 3 rings (SSSR count). The smallest absolute Gasteiger partial charge is 0.353 e. The predicted octanol–water partition coefficient (Wildman–Crippen LogP) is 2.07. The molecule has 2 aliphatic heterocycles. The summed E-state index contributed by atoms with van der Waals surface area (Å²) in [5, 5.41) is 12.0. The molecule has 2 heterocycles. The van der Waals surface area contributed by atoms with Crippen LogP contribution < -0.4 is 5.32 Å². The van der Waals surface area contributed by atoms with E-state index in [4.69, 9.17) is 0 Å². The highest BCUT2D eigenvalue weighted by atomic mass is 32.2. The van der Waals surface area contributed by atoms with Gasteiger partial charge in [0.2, 0.25) is 5.91 Å². The van der Waals surface area contributed by atoms with E-state index < -0.39 is 12.0 Å². The van der Waals surface area contributed by atoms with Gasteiger partial charge in [-0.05, 0) is 17.7 Å². The number of hydrogen-bond donors (Lipinski definition) is 2.